The molecule has 5 nitrogen and oxygen atoms in total. The Balaban J connectivity index is 1.71. The quantitative estimate of drug-likeness (QED) is 0.318. The van der Waals surface area contributed by atoms with Gasteiger partial charge in [-0.2, -0.15) is 0 Å². The average Bonchev–Trinajstić information content (AvgIpc) is 2.82. The lowest BCUT2D eigenvalue weighted by Crippen LogP contribution is -2.41. The number of thioether (sulfide) groups is 1. The van der Waals surface area contributed by atoms with Gasteiger partial charge < -0.3 is 5.32 Å². The van der Waals surface area contributed by atoms with E-state index in [9.17, 15) is 13.2 Å². The molecular formula is C26H30N2O3S2. The van der Waals surface area contributed by atoms with Gasteiger partial charge in [0, 0.05) is 17.2 Å². The Hall–Kier alpha value is -2.77. The van der Waals surface area contributed by atoms with Gasteiger partial charge in [-0.25, -0.2) is 8.42 Å². The van der Waals surface area contributed by atoms with Crippen LogP contribution >= 0.6 is 11.8 Å². The van der Waals surface area contributed by atoms with Crippen LogP contribution in [0.4, 0.5) is 5.69 Å². The predicted octanol–water partition coefficient (Wildman–Crippen LogP) is 5.22. The molecule has 0 spiro atoms. The number of nitrogens with zero attached hydrogens (tertiary/aromatic N) is 1. The largest absolute Gasteiger partial charge is 0.354 e. The molecule has 3 aromatic rings. The van der Waals surface area contributed by atoms with Gasteiger partial charge in [-0.3, -0.25) is 9.10 Å². The van der Waals surface area contributed by atoms with Crippen molar-refractivity contribution in [2.45, 2.75) is 36.5 Å². The minimum atomic E-state index is -3.89. The number of benzene rings is 3. The minimum absolute atomic E-state index is 0.153. The third kappa shape index (κ3) is 6.85. The first-order valence-electron chi connectivity index (χ1n) is 10.9. The van der Waals surface area contributed by atoms with Crippen LogP contribution in [0, 0.1) is 6.92 Å². The number of hydrogen-bond acceptors (Lipinski definition) is 4. The van der Waals surface area contributed by atoms with Crippen LogP contribution < -0.4 is 9.62 Å². The maximum atomic E-state index is 13.4. The van der Waals surface area contributed by atoms with Crippen LogP contribution in [0.15, 0.2) is 88.7 Å². The average molecular weight is 483 g/mol. The van der Waals surface area contributed by atoms with Gasteiger partial charge in [-0.1, -0.05) is 61.9 Å². The molecule has 0 fully saturated rings. The van der Waals surface area contributed by atoms with Gasteiger partial charge in [0.25, 0.3) is 10.0 Å². The molecule has 33 heavy (non-hydrogen) atoms. The highest BCUT2D eigenvalue weighted by Crippen LogP contribution is 2.26. The van der Waals surface area contributed by atoms with Gasteiger partial charge in [0.1, 0.15) is 6.54 Å². The highest BCUT2D eigenvalue weighted by Gasteiger charge is 2.27. The van der Waals surface area contributed by atoms with Gasteiger partial charge >= 0.3 is 0 Å². The lowest BCUT2D eigenvalue weighted by Gasteiger charge is -2.24. The summed E-state index contributed by atoms with van der Waals surface area (Å²) in [6.07, 6.45) is 0. The Labute approximate surface area is 201 Å². The van der Waals surface area contributed by atoms with E-state index in [0.717, 1.165) is 10.5 Å². The summed E-state index contributed by atoms with van der Waals surface area (Å²) in [7, 11) is -3.89. The molecule has 0 saturated heterocycles. The van der Waals surface area contributed by atoms with Crippen molar-refractivity contribution in [3.05, 3.63) is 90.0 Å². The molecule has 3 aromatic carbocycles. The molecule has 1 N–H and O–H groups in total. The fourth-order valence-electron chi connectivity index (χ4n) is 3.24. The molecule has 0 unspecified atom stereocenters. The van der Waals surface area contributed by atoms with Crippen LogP contribution in [-0.2, 0) is 14.8 Å². The van der Waals surface area contributed by atoms with Crippen molar-refractivity contribution in [2.24, 2.45) is 0 Å². The molecular weight excluding hydrogens is 452 g/mol. The van der Waals surface area contributed by atoms with E-state index < -0.39 is 10.0 Å². The van der Waals surface area contributed by atoms with E-state index in [1.807, 2.05) is 19.1 Å². The summed E-state index contributed by atoms with van der Waals surface area (Å²) in [5, 5.41) is 2.85. The summed E-state index contributed by atoms with van der Waals surface area (Å²) in [5.41, 5.74) is 2.77. The van der Waals surface area contributed by atoms with Gasteiger partial charge in [0.05, 0.1) is 10.6 Å². The fourth-order valence-corrected chi connectivity index (χ4v) is 5.45. The molecule has 0 aliphatic rings. The predicted molar refractivity (Wildman–Crippen MR) is 136 cm³/mol. The fraction of sp³-hybridized carbons (Fsp3) is 0.269. The zero-order valence-electron chi connectivity index (χ0n) is 19.2. The van der Waals surface area contributed by atoms with Crippen LogP contribution in [0.25, 0.3) is 0 Å². The van der Waals surface area contributed by atoms with Crippen LogP contribution in [-0.4, -0.2) is 33.2 Å². The number of carbonyl (C=O) groups excluding carboxylic acids is 1. The third-order valence-electron chi connectivity index (χ3n) is 5.18. The maximum Gasteiger partial charge on any atom is 0.264 e. The maximum absolute atomic E-state index is 13.4. The summed E-state index contributed by atoms with van der Waals surface area (Å²) in [6, 6.07) is 23.7. The summed E-state index contributed by atoms with van der Waals surface area (Å²) in [6.45, 7) is 6.36. The van der Waals surface area contributed by atoms with Gasteiger partial charge in [-0.15, -0.1) is 11.8 Å². The van der Waals surface area contributed by atoms with E-state index in [1.165, 1.54) is 9.87 Å². The van der Waals surface area contributed by atoms with Crippen molar-refractivity contribution in [2.75, 3.05) is 23.1 Å². The lowest BCUT2D eigenvalue weighted by molar-refractivity contribution is -0.119. The van der Waals surface area contributed by atoms with E-state index in [0.29, 0.717) is 23.9 Å². The molecule has 7 heteroatoms. The van der Waals surface area contributed by atoms with Crippen molar-refractivity contribution in [1.29, 1.82) is 0 Å². The van der Waals surface area contributed by atoms with Crippen molar-refractivity contribution in [3.63, 3.8) is 0 Å². The minimum Gasteiger partial charge on any atom is -0.354 e. The van der Waals surface area contributed by atoms with E-state index in [4.69, 9.17) is 0 Å². The van der Waals surface area contributed by atoms with E-state index >= 15 is 0 Å². The second-order valence-corrected chi connectivity index (χ2v) is 11.1. The normalized spacial score (nSPS) is 11.4. The lowest BCUT2D eigenvalue weighted by atomic mass is 10.0. The van der Waals surface area contributed by atoms with Crippen molar-refractivity contribution < 1.29 is 13.2 Å². The highest BCUT2D eigenvalue weighted by atomic mass is 32.2. The molecule has 174 valence electrons. The monoisotopic (exact) mass is 482 g/mol. The Morgan fingerprint density at radius 1 is 0.939 bits per heavy atom. The molecule has 0 aliphatic carbocycles. The van der Waals surface area contributed by atoms with Gasteiger partial charge in [0.15, 0.2) is 0 Å². The van der Waals surface area contributed by atoms with Gasteiger partial charge in [0.2, 0.25) is 5.91 Å². The molecule has 3 rings (SSSR count). The Morgan fingerprint density at radius 3 is 2.18 bits per heavy atom. The second kappa shape index (κ2) is 11.4. The number of amides is 1. The number of aryl methyl sites for hydroxylation is 1. The van der Waals surface area contributed by atoms with E-state index in [2.05, 4.69) is 43.4 Å². The Kier molecular flexibility index (Phi) is 8.58. The van der Waals surface area contributed by atoms with Crippen molar-refractivity contribution in [3.8, 4) is 0 Å². The number of rotatable bonds is 10. The van der Waals surface area contributed by atoms with Crippen LogP contribution in [0.3, 0.4) is 0 Å². The SMILES string of the molecule is Cc1ccc(SCCNC(=O)CN(c2ccc(C(C)C)cc2)S(=O)(=O)c2ccccc2)cc1. The smallest absolute Gasteiger partial charge is 0.264 e. The molecule has 0 aliphatic heterocycles. The summed E-state index contributed by atoms with van der Waals surface area (Å²) < 4.78 is 27.9. The van der Waals surface area contributed by atoms with Crippen LogP contribution in [0.5, 0.6) is 0 Å². The molecule has 1 amide bonds. The zero-order chi connectivity index (χ0) is 23.8. The zero-order valence-corrected chi connectivity index (χ0v) is 20.8. The number of carbonyl (C=O) groups is 1. The van der Waals surface area contributed by atoms with Crippen molar-refractivity contribution >= 4 is 33.4 Å². The Morgan fingerprint density at radius 2 is 1.58 bits per heavy atom. The van der Waals surface area contributed by atoms with E-state index in [1.54, 1.807) is 54.2 Å². The van der Waals surface area contributed by atoms with Crippen molar-refractivity contribution in [1.82, 2.24) is 5.32 Å². The summed E-state index contributed by atoms with van der Waals surface area (Å²) in [5.74, 6) is 0.683. The summed E-state index contributed by atoms with van der Waals surface area (Å²) in [4.78, 5) is 14.0. The number of hydrogen-bond donors (Lipinski definition) is 1. The number of anilines is 1. The third-order valence-corrected chi connectivity index (χ3v) is 7.98. The standard InChI is InChI=1S/C26H30N2O3S2/c1-20(2)22-11-13-23(14-12-22)28(33(30,31)25-7-5-4-6-8-25)19-26(29)27-17-18-32-24-15-9-21(3)10-16-24/h4-16,20H,17-19H2,1-3H3,(H,27,29). The molecule has 0 atom stereocenters. The number of nitrogens with one attached hydrogen (secondary N) is 1. The molecule has 0 heterocycles. The molecule has 0 saturated carbocycles. The molecule has 0 bridgehead atoms. The van der Waals surface area contributed by atoms with Crippen LogP contribution in [0.1, 0.15) is 30.9 Å². The summed E-state index contributed by atoms with van der Waals surface area (Å²) >= 11 is 1.65. The first-order valence-corrected chi connectivity index (χ1v) is 13.3. The molecule has 0 radical (unpaired) electrons. The van der Waals surface area contributed by atoms with Crippen LogP contribution in [0.2, 0.25) is 0 Å². The molecule has 0 aromatic heterocycles. The first kappa shape index (κ1) is 24.9. The van der Waals surface area contributed by atoms with E-state index in [-0.39, 0.29) is 17.3 Å². The topological polar surface area (TPSA) is 66.5 Å². The second-order valence-electron chi connectivity index (χ2n) is 8.08. The van der Waals surface area contributed by atoms with Gasteiger partial charge in [-0.05, 0) is 54.8 Å². The Bertz CT molecular complexity index is 1140. The number of sulfonamides is 1. The highest BCUT2D eigenvalue weighted by molar-refractivity contribution is 7.99. The first-order chi connectivity index (χ1) is 15.8.